The van der Waals surface area contributed by atoms with Gasteiger partial charge in [0.25, 0.3) is 0 Å². The second kappa shape index (κ2) is 7.83. The van der Waals surface area contributed by atoms with Gasteiger partial charge in [-0.15, -0.1) is 0 Å². The Bertz CT molecular complexity index is 795. The normalized spacial score (nSPS) is 11.6. The summed E-state index contributed by atoms with van der Waals surface area (Å²) < 4.78 is 15.7. The lowest BCUT2D eigenvalue weighted by molar-refractivity contribution is 0.0315. The van der Waals surface area contributed by atoms with E-state index in [4.69, 9.17) is 14.2 Å². The Balaban J connectivity index is 2.20. The SMILES string of the molecule is COc1cccc(C(=O)OC(C)C(=O)c2ccc(C)c(C)c2)c1OC. The molecule has 0 heterocycles. The van der Waals surface area contributed by atoms with Gasteiger partial charge >= 0.3 is 5.97 Å². The molecule has 0 bridgehead atoms. The Labute approximate surface area is 147 Å². The van der Waals surface area contributed by atoms with Crippen LogP contribution in [0.25, 0.3) is 0 Å². The molecule has 0 aliphatic carbocycles. The maximum atomic E-state index is 12.5. The highest BCUT2D eigenvalue weighted by Crippen LogP contribution is 2.31. The molecule has 0 amide bonds. The number of hydrogen-bond donors (Lipinski definition) is 0. The molecule has 0 aromatic heterocycles. The van der Waals surface area contributed by atoms with Gasteiger partial charge in [-0.25, -0.2) is 4.79 Å². The van der Waals surface area contributed by atoms with E-state index in [-0.39, 0.29) is 17.1 Å². The zero-order chi connectivity index (χ0) is 18.6. The third-order valence-corrected chi connectivity index (χ3v) is 4.07. The fraction of sp³-hybridized carbons (Fsp3) is 0.300. The molecule has 5 heteroatoms. The molecule has 0 saturated carbocycles. The lowest BCUT2D eigenvalue weighted by atomic mass is 10.0. The number of ether oxygens (including phenoxy) is 3. The van der Waals surface area contributed by atoms with Gasteiger partial charge in [-0.1, -0.05) is 18.2 Å². The van der Waals surface area contributed by atoms with Crippen molar-refractivity contribution in [2.75, 3.05) is 14.2 Å². The first-order valence-electron chi connectivity index (χ1n) is 7.92. The van der Waals surface area contributed by atoms with Crippen LogP contribution in [0.1, 0.15) is 38.8 Å². The number of esters is 1. The minimum Gasteiger partial charge on any atom is -0.493 e. The second-order valence-electron chi connectivity index (χ2n) is 5.75. The smallest absolute Gasteiger partial charge is 0.342 e. The van der Waals surface area contributed by atoms with Crippen molar-refractivity contribution >= 4 is 11.8 Å². The topological polar surface area (TPSA) is 61.8 Å². The van der Waals surface area contributed by atoms with E-state index in [1.807, 2.05) is 19.9 Å². The standard InChI is InChI=1S/C20H22O5/c1-12-9-10-15(11-13(12)2)18(21)14(3)25-20(22)16-7-6-8-17(23-4)19(16)24-5/h6-11,14H,1-5H3. The maximum absolute atomic E-state index is 12.5. The molecule has 0 aliphatic heterocycles. The first-order valence-corrected chi connectivity index (χ1v) is 7.92. The van der Waals surface area contributed by atoms with E-state index >= 15 is 0 Å². The number of carbonyl (C=O) groups excluding carboxylic acids is 2. The van der Waals surface area contributed by atoms with E-state index in [2.05, 4.69) is 0 Å². The molecule has 2 aromatic rings. The Morgan fingerprint density at radius 3 is 2.28 bits per heavy atom. The highest BCUT2D eigenvalue weighted by atomic mass is 16.6. The fourth-order valence-electron chi connectivity index (χ4n) is 2.45. The third-order valence-electron chi connectivity index (χ3n) is 4.07. The molecule has 1 unspecified atom stereocenters. The fourth-order valence-corrected chi connectivity index (χ4v) is 2.45. The van der Waals surface area contributed by atoms with Gasteiger partial charge in [-0.05, 0) is 50.1 Å². The van der Waals surface area contributed by atoms with E-state index in [0.717, 1.165) is 11.1 Å². The van der Waals surface area contributed by atoms with Gasteiger partial charge < -0.3 is 14.2 Å². The zero-order valence-electron chi connectivity index (χ0n) is 15.1. The summed E-state index contributed by atoms with van der Waals surface area (Å²) in [5, 5.41) is 0. The van der Waals surface area contributed by atoms with Gasteiger partial charge in [-0.3, -0.25) is 4.79 Å². The molecule has 0 spiro atoms. The summed E-state index contributed by atoms with van der Waals surface area (Å²) >= 11 is 0. The van der Waals surface area contributed by atoms with Crippen LogP contribution < -0.4 is 9.47 Å². The summed E-state index contributed by atoms with van der Waals surface area (Å²) in [7, 11) is 2.93. The maximum Gasteiger partial charge on any atom is 0.342 e. The Kier molecular flexibility index (Phi) is 5.80. The van der Waals surface area contributed by atoms with Crippen molar-refractivity contribution in [1.29, 1.82) is 0 Å². The molecule has 2 aromatic carbocycles. The Morgan fingerprint density at radius 2 is 1.68 bits per heavy atom. The minimum atomic E-state index is -0.912. The van der Waals surface area contributed by atoms with Crippen LogP contribution in [0.2, 0.25) is 0 Å². The summed E-state index contributed by atoms with van der Waals surface area (Å²) in [6.45, 7) is 5.47. The lowest BCUT2D eigenvalue weighted by Gasteiger charge is -2.15. The van der Waals surface area contributed by atoms with Crippen LogP contribution in [-0.2, 0) is 4.74 Å². The molecule has 0 aliphatic rings. The predicted octanol–water partition coefficient (Wildman–Crippen LogP) is 3.75. The summed E-state index contributed by atoms with van der Waals surface area (Å²) in [6.07, 6.45) is -0.912. The summed E-state index contributed by atoms with van der Waals surface area (Å²) in [5.74, 6) is -0.190. The largest absolute Gasteiger partial charge is 0.493 e. The number of Topliss-reactive ketones (excluding diaryl/α,β-unsaturated/α-hetero) is 1. The molecule has 1 atom stereocenters. The van der Waals surface area contributed by atoms with Crippen molar-refractivity contribution in [2.24, 2.45) is 0 Å². The number of aryl methyl sites for hydroxylation is 2. The number of rotatable bonds is 6. The van der Waals surface area contributed by atoms with Crippen molar-refractivity contribution < 1.29 is 23.8 Å². The van der Waals surface area contributed by atoms with Gasteiger partial charge in [0.05, 0.1) is 14.2 Å². The average Bonchev–Trinajstić information content (AvgIpc) is 2.62. The van der Waals surface area contributed by atoms with E-state index in [1.165, 1.54) is 14.2 Å². The Morgan fingerprint density at radius 1 is 0.960 bits per heavy atom. The second-order valence-corrected chi connectivity index (χ2v) is 5.75. The van der Waals surface area contributed by atoms with Gasteiger partial charge in [0.2, 0.25) is 5.78 Å². The first kappa shape index (κ1) is 18.5. The molecule has 5 nitrogen and oxygen atoms in total. The monoisotopic (exact) mass is 342 g/mol. The van der Waals surface area contributed by atoms with Gasteiger partial charge in [0.1, 0.15) is 5.56 Å². The van der Waals surface area contributed by atoms with E-state index in [9.17, 15) is 9.59 Å². The van der Waals surface area contributed by atoms with Gasteiger partial charge in [0.15, 0.2) is 17.6 Å². The molecule has 2 rings (SSSR count). The lowest BCUT2D eigenvalue weighted by Crippen LogP contribution is -2.24. The molecule has 0 N–H and O–H groups in total. The molecule has 0 fully saturated rings. The van der Waals surface area contributed by atoms with E-state index < -0.39 is 12.1 Å². The summed E-state index contributed by atoms with van der Waals surface area (Å²) in [4.78, 5) is 25.0. The predicted molar refractivity (Wildman–Crippen MR) is 94.7 cm³/mol. The number of ketones is 1. The van der Waals surface area contributed by atoms with Crippen molar-refractivity contribution in [3.63, 3.8) is 0 Å². The number of para-hydroxylation sites is 1. The third kappa shape index (κ3) is 3.99. The summed E-state index contributed by atoms with van der Waals surface area (Å²) in [6, 6.07) is 10.3. The van der Waals surface area contributed by atoms with Crippen LogP contribution in [0, 0.1) is 13.8 Å². The molecular formula is C20H22O5. The van der Waals surface area contributed by atoms with E-state index in [0.29, 0.717) is 11.3 Å². The van der Waals surface area contributed by atoms with Crippen LogP contribution in [0.15, 0.2) is 36.4 Å². The number of methoxy groups -OCH3 is 2. The molecular weight excluding hydrogens is 320 g/mol. The molecule has 25 heavy (non-hydrogen) atoms. The minimum absolute atomic E-state index is 0.210. The average molecular weight is 342 g/mol. The van der Waals surface area contributed by atoms with Crippen LogP contribution >= 0.6 is 0 Å². The van der Waals surface area contributed by atoms with E-state index in [1.54, 1.807) is 37.3 Å². The number of hydrogen-bond acceptors (Lipinski definition) is 5. The van der Waals surface area contributed by atoms with Crippen molar-refractivity contribution in [1.82, 2.24) is 0 Å². The first-order chi connectivity index (χ1) is 11.9. The zero-order valence-corrected chi connectivity index (χ0v) is 15.1. The Hall–Kier alpha value is -2.82. The van der Waals surface area contributed by atoms with Crippen molar-refractivity contribution in [2.45, 2.75) is 26.9 Å². The highest BCUT2D eigenvalue weighted by Gasteiger charge is 2.24. The highest BCUT2D eigenvalue weighted by molar-refractivity contribution is 6.02. The van der Waals surface area contributed by atoms with Crippen LogP contribution in [0.4, 0.5) is 0 Å². The summed E-state index contributed by atoms with van der Waals surface area (Å²) in [5.41, 5.74) is 2.84. The molecule has 0 radical (unpaired) electrons. The van der Waals surface area contributed by atoms with Crippen LogP contribution in [0.5, 0.6) is 11.5 Å². The van der Waals surface area contributed by atoms with Crippen LogP contribution in [-0.4, -0.2) is 32.1 Å². The molecule has 0 saturated heterocycles. The number of benzene rings is 2. The molecule has 132 valence electrons. The van der Waals surface area contributed by atoms with Crippen molar-refractivity contribution in [3.8, 4) is 11.5 Å². The quantitative estimate of drug-likeness (QED) is 0.591. The van der Waals surface area contributed by atoms with Gasteiger partial charge in [0, 0.05) is 5.56 Å². The number of carbonyl (C=O) groups is 2. The van der Waals surface area contributed by atoms with Crippen molar-refractivity contribution in [3.05, 3.63) is 58.7 Å². The van der Waals surface area contributed by atoms with Crippen LogP contribution in [0.3, 0.4) is 0 Å². The van der Waals surface area contributed by atoms with Gasteiger partial charge in [-0.2, -0.15) is 0 Å².